The zero-order valence-electron chi connectivity index (χ0n) is 11.1. The molecule has 0 aliphatic rings. The van der Waals surface area contributed by atoms with E-state index in [1.54, 1.807) is 11.7 Å². The van der Waals surface area contributed by atoms with Crippen LogP contribution in [0.5, 0.6) is 0 Å². The van der Waals surface area contributed by atoms with Gasteiger partial charge < -0.3 is 0 Å². The molecule has 0 amide bonds. The Bertz CT molecular complexity index is 637. The van der Waals surface area contributed by atoms with Crippen molar-refractivity contribution in [3.05, 3.63) is 27.7 Å². The lowest BCUT2D eigenvalue weighted by Crippen LogP contribution is -2.09. The molecule has 0 aliphatic heterocycles. The van der Waals surface area contributed by atoms with Gasteiger partial charge in [0.25, 0.3) is 0 Å². The average molecular weight is 316 g/mol. The molecule has 0 radical (unpaired) electrons. The molecular formula is C12H16N2O2S3. The van der Waals surface area contributed by atoms with Gasteiger partial charge >= 0.3 is 0 Å². The van der Waals surface area contributed by atoms with Gasteiger partial charge in [-0.05, 0) is 5.41 Å². The summed E-state index contributed by atoms with van der Waals surface area (Å²) < 4.78 is 24.6. The number of rotatable bonds is 4. The highest BCUT2D eigenvalue weighted by Crippen LogP contribution is 2.30. The van der Waals surface area contributed by atoms with Gasteiger partial charge in [0.2, 0.25) is 14.2 Å². The Morgan fingerprint density at radius 3 is 2.53 bits per heavy atom. The molecule has 0 N–H and O–H groups in total. The first-order valence-electron chi connectivity index (χ1n) is 5.85. The number of hydrogen-bond acceptors (Lipinski definition) is 6. The zero-order chi connectivity index (χ0) is 14.1. The maximum atomic E-state index is 12.2. The molecule has 0 saturated heterocycles. The van der Waals surface area contributed by atoms with Crippen molar-refractivity contribution in [2.75, 3.05) is 5.75 Å². The third-order valence-electron chi connectivity index (χ3n) is 2.60. The molecule has 2 aromatic heterocycles. The summed E-state index contributed by atoms with van der Waals surface area (Å²) in [5, 5.41) is 1.87. The fraction of sp³-hybridized carbons (Fsp3) is 0.500. The summed E-state index contributed by atoms with van der Waals surface area (Å²) in [6.07, 6.45) is 2.11. The third-order valence-corrected chi connectivity index (χ3v) is 6.84. The largest absolute Gasteiger partial charge is 0.250 e. The molecule has 2 rings (SSSR count). The van der Waals surface area contributed by atoms with Crippen LogP contribution >= 0.6 is 22.7 Å². The standard InChI is InChI=1S/C12H16N2O2S3/c1-12(2,3)10-6-13-11(18-10)19(15,16)5-4-9-7-17-8-14-9/h6-8H,4-5H2,1-3H3. The molecule has 0 saturated carbocycles. The van der Waals surface area contributed by atoms with Gasteiger partial charge in [-0.3, -0.25) is 0 Å². The van der Waals surface area contributed by atoms with E-state index in [1.807, 2.05) is 26.2 Å². The number of aryl methyl sites for hydroxylation is 1. The van der Waals surface area contributed by atoms with Gasteiger partial charge in [0, 0.05) is 22.9 Å². The molecule has 104 valence electrons. The normalized spacial score (nSPS) is 12.8. The summed E-state index contributed by atoms with van der Waals surface area (Å²) in [6.45, 7) is 6.14. The van der Waals surface area contributed by atoms with Crippen molar-refractivity contribution in [1.82, 2.24) is 9.97 Å². The number of nitrogens with zero attached hydrogens (tertiary/aromatic N) is 2. The number of hydrogen-bond donors (Lipinski definition) is 0. The topological polar surface area (TPSA) is 59.9 Å². The van der Waals surface area contributed by atoms with Crippen LogP contribution < -0.4 is 0 Å². The quantitative estimate of drug-likeness (QED) is 0.870. The van der Waals surface area contributed by atoms with E-state index < -0.39 is 9.84 Å². The van der Waals surface area contributed by atoms with Gasteiger partial charge in [-0.15, -0.1) is 22.7 Å². The Labute approximate surface area is 121 Å². The summed E-state index contributed by atoms with van der Waals surface area (Å²) in [7, 11) is -3.30. The van der Waals surface area contributed by atoms with Crippen LogP contribution in [0.3, 0.4) is 0 Å². The fourth-order valence-electron chi connectivity index (χ4n) is 1.44. The van der Waals surface area contributed by atoms with E-state index in [9.17, 15) is 8.42 Å². The van der Waals surface area contributed by atoms with Crippen LogP contribution in [0.4, 0.5) is 0 Å². The van der Waals surface area contributed by atoms with Gasteiger partial charge in [-0.25, -0.2) is 18.4 Å². The molecule has 0 aromatic carbocycles. The van der Waals surface area contributed by atoms with Gasteiger partial charge in [-0.1, -0.05) is 20.8 Å². The highest BCUT2D eigenvalue weighted by molar-refractivity contribution is 7.93. The Morgan fingerprint density at radius 1 is 1.26 bits per heavy atom. The molecule has 2 aromatic rings. The average Bonchev–Trinajstić information content (AvgIpc) is 2.97. The second kappa shape index (κ2) is 5.30. The number of sulfone groups is 1. The summed E-state index contributed by atoms with van der Waals surface area (Å²) in [4.78, 5) is 9.15. The second-order valence-electron chi connectivity index (χ2n) is 5.29. The molecule has 0 aliphatic carbocycles. The molecule has 2 heterocycles. The van der Waals surface area contributed by atoms with E-state index in [2.05, 4.69) is 9.97 Å². The van der Waals surface area contributed by atoms with E-state index in [-0.39, 0.29) is 15.5 Å². The summed E-state index contributed by atoms with van der Waals surface area (Å²) in [5.41, 5.74) is 2.46. The molecule has 0 spiro atoms. The summed E-state index contributed by atoms with van der Waals surface area (Å²) in [6, 6.07) is 0. The Kier molecular flexibility index (Phi) is 4.08. The lowest BCUT2D eigenvalue weighted by Gasteiger charge is -2.14. The van der Waals surface area contributed by atoms with Gasteiger partial charge in [0.15, 0.2) is 0 Å². The molecule has 0 atom stereocenters. The zero-order valence-corrected chi connectivity index (χ0v) is 13.5. The van der Waals surface area contributed by atoms with Crippen LogP contribution in [0.15, 0.2) is 21.4 Å². The first kappa shape index (κ1) is 14.6. The molecular weight excluding hydrogens is 300 g/mol. The van der Waals surface area contributed by atoms with Crippen molar-refractivity contribution in [3.8, 4) is 0 Å². The van der Waals surface area contributed by atoms with Gasteiger partial charge in [0.05, 0.1) is 17.0 Å². The SMILES string of the molecule is CC(C)(C)c1cnc(S(=O)(=O)CCc2cscn2)s1. The number of aromatic nitrogens is 2. The van der Waals surface area contributed by atoms with Crippen LogP contribution in [0.1, 0.15) is 31.3 Å². The van der Waals surface area contributed by atoms with Crippen molar-refractivity contribution < 1.29 is 8.42 Å². The van der Waals surface area contributed by atoms with Crippen LogP contribution in [-0.4, -0.2) is 24.1 Å². The van der Waals surface area contributed by atoms with Crippen LogP contribution in [0, 0.1) is 0 Å². The predicted molar refractivity (Wildman–Crippen MR) is 78.7 cm³/mol. The van der Waals surface area contributed by atoms with Crippen molar-refractivity contribution in [1.29, 1.82) is 0 Å². The van der Waals surface area contributed by atoms with E-state index in [0.717, 1.165) is 10.6 Å². The second-order valence-corrected chi connectivity index (χ2v) is 9.32. The third kappa shape index (κ3) is 3.61. The van der Waals surface area contributed by atoms with E-state index in [0.29, 0.717) is 6.42 Å². The van der Waals surface area contributed by atoms with Crippen molar-refractivity contribution in [2.24, 2.45) is 0 Å². The molecule has 4 nitrogen and oxygen atoms in total. The van der Waals surface area contributed by atoms with Gasteiger partial charge in [-0.2, -0.15) is 0 Å². The Morgan fingerprint density at radius 2 is 2.00 bits per heavy atom. The molecule has 0 fully saturated rings. The molecule has 7 heteroatoms. The van der Waals surface area contributed by atoms with Crippen LogP contribution in [0.25, 0.3) is 0 Å². The molecule has 0 unspecified atom stereocenters. The van der Waals surface area contributed by atoms with Crippen LogP contribution in [0.2, 0.25) is 0 Å². The minimum Gasteiger partial charge on any atom is -0.250 e. The van der Waals surface area contributed by atoms with Crippen molar-refractivity contribution >= 4 is 32.5 Å². The van der Waals surface area contributed by atoms with Crippen molar-refractivity contribution in [2.45, 2.75) is 36.9 Å². The van der Waals surface area contributed by atoms with E-state index >= 15 is 0 Å². The van der Waals surface area contributed by atoms with E-state index in [1.165, 1.54) is 22.7 Å². The monoisotopic (exact) mass is 316 g/mol. The van der Waals surface area contributed by atoms with Crippen LogP contribution in [-0.2, 0) is 21.7 Å². The Balaban J connectivity index is 2.13. The molecule has 19 heavy (non-hydrogen) atoms. The lowest BCUT2D eigenvalue weighted by atomic mass is 9.96. The fourth-order valence-corrected chi connectivity index (χ4v) is 4.63. The first-order chi connectivity index (χ1) is 8.79. The molecule has 0 bridgehead atoms. The van der Waals surface area contributed by atoms with Gasteiger partial charge in [0.1, 0.15) is 0 Å². The maximum Gasteiger partial charge on any atom is 0.209 e. The smallest absolute Gasteiger partial charge is 0.209 e. The predicted octanol–water partition coefficient (Wildman–Crippen LogP) is 2.91. The minimum absolute atomic E-state index is 0.0633. The van der Waals surface area contributed by atoms with E-state index in [4.69, 9.17) is 0 Å². The first-order valence-corrected chi connectivity index (χ1v) is 9.26. The summed E-state index contributed by atoms with van der Waals surface area (Å²) in [5.74, 6) is 0.0633. The lowest BCUT2D eigenvalue weighted by molar-refractivity contribution is 0.594. The summed E-state index contributed by atoms with van der Waals surface area (Å²) >= 11 is 2.74. The van der Waals surface area contributed by atoms with Crippen molar-refractivity contribution in [3.63, 3.8) is 0 Å². The maximum absolute atomic E-state index is 12.2. The number of thiazole rings is 2. The highest BCUT2D eigenvalue weighted by Gasteiger charge is 2.23. The minimum atomic E-state index is -3.30. The Hall–Kier alpha value is -0.790. The highest BCUT2D eigenvalue weighted by atomic mass is 32.2.